The van der Waals surface area contributed by atoms with Crippen LogP contribution in [0.3, 0.4) is 0 Å². The highest BCUT2D eigenvalue weighted by molar-refractivity contribution is 7.21. The summed E-state index contributed by atoms with van der Waals surface area (Å²) in [4.78, 5) is 11.8. The van der Waals surface area contributed by atoms with Crippen LogP contribution in [0.15, 0.2) is 18.2 Å². The normalized spacial score (nSPS) is 24.2. The number of carbonyl (C=O) groups is 1. The SMILES string of the molecule is O=C1O[C@](C#CC2CC2)(C(F)(F)F)c2cc(Cl)ccc2N1P. The van der Waals surface area contributed by atoms with Gasteiger partial charge in [0.1, 0.15) is 0 Å². The molecule has 1 amide bonds. The minimum atomic E-state index is -4.88. The smallest absolute Gasteiger partial charge is 0.415 e. The molecule has 0 spiro atoms. The maximum Gasteiger partial charge on any atom is 0.445 e. The Kier molecular flexibility index (Phi) is 3.54. The van der Waals surface area contributed by atoms with E-state index in [4.69, 9.17) is 16.3 Å². The number of nitrogens with zero attached hydrogens (tertiary/aromatic N) is 1. The van der Waals surface area contributed by atoms with Gasteiger partial charge < -0.3 is 4.74 Å². The van der Waals surface area contributed by atoms with Crippen LogP contribution in [0.5, 0.6) is 0 Å². The van der Waals surface area contributed by atoms with Gasteiger partial charge in [-0.05, 0) is 46.4 Å². The number of cyclic esters (lactones) is 1. The third kappa shape index (κ3) is 2.43. The Hall–Kier alpha value is -1.44. The van der Waals surface area contributed by atoms with Gasteiger partial charge >= 0.3 is 12.3 Å². The first-order chi connectivity index (χ1) is 10.2. The first-order valence-corrected chi connectivity index (χ1v) is 7.31. The lowest BCUT2D eigenvalue weighted by Gasteiger charge is -2.38. The van der Waals surface area contributed by atoms with Gasteiger partial charge in [0.15, 0.2) is 0 Å². The molecule has 1 aliphatic heterocycles. The number of alkyl halides is 3. The Morgan fingerprint density at radius 3 is 2.68 bits per heavy atom. The minimum absolute atomic E-state index is 0.0491. The van der Waals surface area contributed by atoms with Crippen LogP contribution >= 0.6 is 21.0 Å². The standard InChI is InChI=1S/C14H10ClF3NO2P/c15-9-3-4-11-10(7-9)13(14(16,17)18,6-5-8-1-2-8)21-12(20)19(11)22/h3-4,7-8H,1-2,22H2/t13-/m0/s1. The second-order valence-electron chi connectivity index (χ2n) is 5.12. The van der Waals surface area contributed by atoms with Crippen molar-refractivity contribution < 1.29 is 22.7 Å². The number of hydrogen-bond donors (Lipinski definition) is 0. The van der Waals surface area contributed by atoms with Gasteiger partial charge in [-0.15, -0.1) is 0 Å². The monoisotopic (exact) mass is 347 g/mol. The van der Waals surface area contributed by atoms with Crippen molar-refractivity contribution in [2.24, 2.45) is 5.92 Å². The molecule has 2 aliphatic rings. The van der Waals surface area contributed by atoms with Crippen LogP contribution in [-0.4, -0.2) is 12.3 Å². The van der Waals surface area contributed by atoms with E-state index in [1.807, 2.05) is 9.39 Å². The van der Waals surface area contributed by atoms with Crippen molar-refractivity contribution in [3.05, 3.63) is 28.8 Å². The highest BCUT2D eigenvalue weighted by Crippen LogP contribution is 2.50. The predicted octanol–water partition coefficient (Wildman–Crippen LogP) is 4.26. The number of ether oxygens (including phenoxy) is 1. The van der Waals surface area contributed by atoms with E-state index in [0.29, 0.717) is 0 Å². The quantitative estimate of drug-likeness (QED) is 0.518. The van der Waals surface area contributed by atoms with E-state index in [1.165, 1.54) is 12.1 Å². The van der Waals surface area contributed by atoms with Crippen LogP contribution in [0.1, 0.15) is 18.4 Å². The molecule has 1 saturated carbocycles. The fourth-order valence-electron chi connectivity index (χ4n) is 2.14. The number of rotatable bonds is 0. The summed E-state index contributed by atoms with van der Waals surface area (Å²) in [5.74, 6) is 4.64. The molecule has 0 bridgehead atoms. The zero-order chi connectivity index (χ0) is 16.1. The highest BCUT2D eigenvalue weighted by atomic mass is 35.5. The summed E-state index contributed by atoms with van der Waals surface area (Å²) in [6.07, 6.45) is -4.50. The lowest BCUT2D eigenvalue weighted by Crippen LogP contribution is -2.50. The van der Waals surface area contributed by atoms with E-state index in [0.717, 1.165) is 23.6 Å². The van der Waals surface area contributed by atoms with E-state index in [9.17, 15) is 18.0 Å². The molecule has 3 nitrogen and oxygen atoms in total. The largest absolute Gasteiger partial charge is 0.445 e. The number of hydrogen-bond acceptors (Lipinski definition) is 2. The number of anilines is 1. The van der Waals surface area contributed by atoms with Crippen LogP contribution in [0.25, 0.3) is 0 Å². The first-order valence-electron chi connectivity index (χ1n) is 6.42. The van der Waals surface area contributed by atoms with Gasteiger partial charge in [0, 0.05) is 16.5 Å². The molecule has 116 valence electrons. The summed E-state index contributed by atoms with van der Waals surface area (Å²) in [6.45, 7) is 0. The molecule has 8 heteroatoms. The minimum Gasteiger partial charge on any atom is -0.415 e. The van der Waals surface area contributed by atoms with Gasteiger partial charge in [-0.1, -0.05) is 17.5 Å². The van der Waals surface area contributed by atoms with Crippen molar-refractivity contribution in [1.82, 2.24) is 0 Å². The maximum absolute atomic E-state index is 13.7. The summed E-state index contributed by atoms with van der Waals surface area (Å²) in [7, 11) is 2.03. The topological polar surface area (TPSA) is 29.5 Å². The second kappa shape index (κ2) is 5.04. The van der Waals surface area contributed by atoms with Crippen LogP contribution in [0, 0.1) is 17.8 Å². The molecular formula is C14H10ClF3NO2P. The molecule has 3 rings (SSSR count). The molecule has 0 saturated heterocycles. The van der Waals surface area contributed by atoms with Crippen molar-refractivity contribution in [1.29, 1.82) is 0 Å². The Balaban J connectivity index is 2.25. The Morgan fingerprint density at radius 2 is 2.09 bits per heavy atom. The highest BCUT2D eigenvalue weighted by Gasteiger charge is 2.62. The number of amides is 1. The van der Waals surface area contributed by atoms with Crippen molar-refractivity contribution in [3.8, 4) is 11.8 Å². The average Bonchev–Trinajstić information content (AvgIpc) is 3.24. The van der Waals surface area contributed by atoms with Gasteiger partial charge in [0.2, 0.25) is 0 Å². The van der Waals surface area contributed by atoms with E-state index >= 15 is 0 Å². The van der Waals surface area contributed by atoms with E-state index in [-0.39, 0.29) is 22.2 Å². The van der Waals surface area contributed by atoms with Crippen molar-refractivity contribution >= 4 is 32.8 Å². The molecule has 2 atom stereocenters. The fraction of sp³-hybridized carbons (Fsp3) is 0.357. The van der Waals surface area contributed by atoms with E-state index in [1.54, 1.807) is 0 Å². The molecule has 0 aromatic heterocycles. The van der Waals surface area contributed by atoms with Crippen LogP contribution in [0.2, 0.25) is 5.02 Å². The molecule has 1 heterocycles. The fourth-order valence-corrected chi connectivity index (χ4v) is 2.59. The summed E-state index contributed by atoms with van der Waals surface area (Å²) in [5, 5.41) is 0.108. The van der Waals surface area contributed by atoms with Crippen LogP contribution in [-0.2, 0) is 10.3 Å². The average molecular weight is 348 g/mol. The molecule has 1 fully saturated rings. The maximum atomic E-state index is 13.7. The van der Waals surface area contributed by atoms with Crippen LogP contribution < -0.4 is 4.67 Å². The molecule has 0 radical (unpaired) electrons. The molecule has 1 aromatic carbocycles. The zero-order valence-corrected chi connectivity index (χ0v) is 13.0. The summed E-state index contributed by atoms with van der Waals surface area (Å²) in [6, 6.07) is 3.88. The Morgan fingerprint density at radius 1 is 1.41 bits per heavy atom. The third-order valence-electron chi connectivity index (χ3n) is 3.46. The van der Waals surface area contributed by atoms with Crippen LogP contribution in [0.4, 0.5) is 23.7 Å². The molecule has 0 N–H and O–H groups in total. The molecule has 1 aliphatic carbocycles. The van der Waals surface area contributed by atoms with Crippen molar-refractivity contribution in [3.63, 3.8) is 0 Å². The van der Waals surface area contributed by atoms with Gasteiger partial charge in [-0.3, -0.25) is 4.67 Å². The molecule has 1 unspecified atom stereocenters. The summed E-state index contributed by atoms with van der Waals surface area (Å²) >= 11 is 5.83. The lowest BCUT2D eigenvalue weighted by atomic mass is 9.90. The van der Waals surface area contributed by atoms with E-state index < -0.39 is 17.9 Å². The van der Waals surface area contributed by atoms with Crippen molar-refractivity contribution in [2.45, 2.75) is 24.6 Å². The number of benzene rings is 1. The van der Waals surface area contributed by atoms with Gasteiger partial charge in [0.05, 0.1) is 5.69 Å². The summed E-state index contributed by atoms with van der Waals surface area (Å²) in [5.41, 5.74) is -3.22. The van der Waals surface area contributed by atoms with Gasteiger partial charge in [-0.2, -0.15) is 13.2 Å². The molecular weight excluding hydrogens is 338 g/mol. The second-order valence-corrected chi connectivity index (χ2v) is 6.07. The lowest BCUT2D eigenvalue weighted by molar-refractivity contribution is -0.240. The zero-order valence-electron chi connectivity index (χ0n) is 11.1. The molecule has 1 aromatic rings. The number of halogens is 4. The number of carbonyl (C=O) groups excluding carboxylic acids is 1. The Bertz CT molecular complexity index is 708. The first kappa shape index (κ1) is 15.5. The van der Waals surface area contributed by atoms with Gasteiger partial charge in [0.25, 0.3) is 5.60 Å². The number of fused-ring (bicyclic) bond motifs is 1. The Labute approximate surface area is 132 Å². The summed E-state index contributed by atoms with van der Waals surface area (Å²) < 4.78 is 46.8. The molecule has 22 heavy (non-hydrogen) atoms. The predicted molar refractivity (Wildman–Crippen MR) is 78.4 cm³/mol. The van der Waals surface area contributed by atoms with Gasteiger partial charge in [-0.25, -0.2) is 4.79 Å². The third-order valence-corrected chi connectivity index (χ3v) is 4.19. The van der Waals surface area contributed by atoms with E-state index in [2.05, 4.69) is 11.8 Å². The van der Waals surface area contributed by atoms with Crippen molar-refractivity contribution in [2.75, 3.05) is 4.67 Å².